The zero-order valence-electron chi connectivity index (χ0n) is 33.0. The molecule has 0 amide bonds. The van der Waals surface area contributed by atoms with E-state index in [9.17, 15) is 0 Å². The molecule has 0 aliphatic heterocycles. The number of benzene rings is 10. The predicted octanol–water partition coefficient (Wildman–Crippen LogP) is 16.1. The van der Waals surface area contributed by atoms with E-state index in [1.54, 1.807) is 0 Å². The SMILES string of the molecule is c1ccc(-c2cc(-c3ccccc3)cc(-c3ccc(N(c4ccccc4)c4cccc(-c5cccc6c5c5c7ccccc7ccc5n6-c5ccccc5)c4)cc3)c2)cc1. The third-order valence-electron chi connectivity index (χ3n) is 11.7. The van der Waals surface area contributed by atoms with Crippen molar-refractivity contribution in [2.24, 2.45) is 0 Å². The Balaban J connectivity index is 1.05. The summed E-state index contributed by atoms with van der Waals surface area (Å²) in [4.78, 5) is 2.37. The molecule has 11 aromatic rings. The summed E-state index contributed by atoms with van der Waals surface area (Å²) >= 11 is 0. The molecule has 0 saturated heterocycles. The highest BCUT2D eigenvalue weighted by Gasteiger charge is 2.20. The number of anilines is 3. The van der Waals surface area contributed by atoms with Crippen LogP contribution in [0.1, 0.15) is 0 Å². The van der Waals surface area contributed by atoms with Gasteiger partial charge < -0.3 is 9.47 Å². The fourth-order valence-electron chi connectivity index (χ4n) is 8.95. The lowest BCUT2D eigenvalue weighted by Crippen LogP contribution is -2.09. The number of rotatable bonds is 8. The Kier molecular flexibility index (Phi) is 8.87. The Hall–Kier alpha value is -7.94. The lowest BCUT2D eigenvalue weighted by molar-refractivity contribution is 1.18. The number of hydrogen-bond acceptors (Lipinski definition) is 1. The van der Waals surface area contributed by atoms with Gasteiger partial charge in [-0.25, -0.2) is 0 Å². The molecule has 1 aromatic heterocycles. The summed E-state index contributed by atoms with van der Waals surface area (Å²) in [6.45, 7) is 0. The quantitative estimate of drug-likeness (QED) is 0.150. The average Bonchev–Trinajstić information content (AvgIpc) is 3.68. The van der Waals surface area contributed by atoms with Gasteiger partial charge in [-0.3, -0.25) is 0 Å². The first-order chi connectivity index (χ1) is 29.8. The minimum absolute atomic E-state index is 1.09. The van der Waals surface area contributed by atoms with Crippen LogP contribution in [0.2, 0.25) is 0 Å². The molecule has 0 bridgehead atoms. The van der Waals surface area contributed by atoms with Crippen LogP contribution in [-0.4, -0.2) is 4.57 Å². The lowest BCUT2D eigenvalue weighted by atomic mass is 9.93. The maximum atomic E-state index is 2.42. The van der Waals surface area contributed by atoms with Gasteiger partial charge in [-0.05, 0) is 134 Å². The van der Waals surface area contributed by atoms with Gasteiger partial charge >= 0.3 is 0 Å². The van der Waals surface area contributed by atoms with E-state index in [0.717, 1.165) is 22.7 Å². The van der Waals surface area contributed by atoms with Crippen LogP contribution in [0.4, 0.5) is 17.1 Å². The highest BCUT2D eigenvalue weighted by atomic mass is 15.1. The zero-order valence-corrected chi connectivity index (χ0v) is 33.0. The molecule has 0 saturated carbocycles. The summed E-state index contributed by atoms with van der Waals surface area (Å²) in [5, 5.41) is 5.03. The van der Waals surface area contributed by atoms with Crippen LogP contribution in [0.3, 0.4) is 0 Å². The zero-order chi connectivity index (χ0) is 39.8. The van der Waals surface area contributed by atoms with Crippen LogP contribution in [0.25, 0.3) is 82.8 Å². The second-order valence-electron chi connectivity index (χ2n) is 15.4. The van der Waals surface area contributed by atoms with Crippen molar-refractivity contribution >= 4 is 49.6 Å². The van der Waals surface area contributed by atoms with Gasteiger partial charge in [0.2, 0.25) is 0 Å². The Morgan fingerprint density at radius 1 is 0.283 bits per heavy atom. The molecule has 0 spiro atoms. The van der Waals surface area contributed by atoms with E-state index in [0.29, 0.717) is 0 Å². The first-order valence-electron chi connectivity index (χ1n) is 20.6. The van der Waals surface area contributed by atoms with Crippen LogP contribution < -0.4 is 4.90 Å². The van der Waals surface area contributed by atoms with Crippen molar-refractivity contribution in [3.63, 3.8) is 0 Å². The van der Waals surface area contributed by atoms with Crippen LogP contribution in [-0.2, 0) is 0 Å². The van der Waals surface area contributed by atoms with E-state index < -0.39 is 0 Å². The van der Waals surface area contributed by atoms with Crippen molar-refractivity contribution in [2.75, 3.05) is 4.90 Å². The molecule has 10 aromatic carbocycles. The third kappa shape index (κ3) is 6.32. The average molecular weight is 765 g/mol. The molecule has 60 heavy (non-hydrogen) atoms. The first-order valence-corrected chi connectivity index (χ1v) is 20.6. The molecule has 11 rings (SSSR count). The van der Waals surface area contributed by atoms with Gasteiger partial charge in [-0.1, -0.05) is 164 Å². The Morgan fingerprint density at radius 2 is 0.783 bits per heavy atom. The summed E-state index contributed by atoms with van der Waals surface area (Å²) in [5.41, 5.74) is 16.4. The highest BCUT2D eigenvalue weighted by molar-refractivity contribution is 6.25. The molecule has 0 N–H and O–H groups in total. The van der Waals surface area contributed by atoms with E-state index in [4.69, 9.17) is 0 Å². The van der Waals surface area contributed by atoms with E-state index in [1.807, 2.05) is 0 Å². The third-order valence-corrected chi connectivity index (χ3v) is 11.7. The minimum Gasteiger partial charge on any atom is -0.310 e. The van der Waals surface area contributed by atoms with Crippen molar-refractivity contribution in [1.82, 2.24) is 4.57 Å². The maximum absolute atomic E-state index is 2.42. The number of para-hydroxylation sites is 2. The molecule has 0 unspecified atom stereocenters. The number of nitrogens with zero attached hydrogens (tertiary/aromatic N) is 2. The maximum Gasteiger partial charge on any atom is 0.0547 e. The first kappa shape index (κ1) is 35.2. The molecule has 282 valence electrons. The van der Waals surface area contributed by atoms with Crippen LogP contribution in [0.15, 0.2) is 243 Å². The van der Waals surface area contributed by atoms with Gasteiger partial charge in [0.15, 0.2) is 0 Å². The number of fused-ring (bicyclic) bond motifs is 5. The van der Waals surface area contributed by atoms with Crippen LogP contribution in [0.5, 0.6) is 0 Å². The number of aromatic nitrogens is 1. The second-order valence-corrected chi connectivity index (χ2v) is 15.4. The standard InChI is InChI=1S/C58H40N2/c1-5-17-41(18-6-1)46-37-47(42-19-7-2-8-20-42)39-48(38-46)43-31-34-51(35-32-43)59(49-23-9-3-10-24-49)52-27-15-22-45(40-52)54-29-16-30-55-58(54)57-53-28-14-13-21-44(53)33-36-56(57)60(55)50-25-11-4-12-26-50/h1-40H. The topological polar surface area (TPSA) is 8.17 Å². The Bertz CT molecular complexity index is 3220. The van der Waals surface area contributed by atoms with E-state index >= 15 is 0 Å². The molecule has 1 heterocycles. The fourth-order valence-corrected chi connectivity index (χ4v) is 8.95. The van der Waals surface area contributed by atoms with E-state index in [-0.39, 0.29) is 0 Å². The van der Waals surface area contributed by atoms with Gasteiger partial charge in [-0.2, -0.15) is 0 Å². The minimum atomic E-state index is 1.09. The van der Waals surface area contributed by atoms with E-state index in [1.165, 1.54) is 77.1 Å². The fraction of sp³-hybridized carbons (Fsp3) is 0. The van der Waals surface area contributed by atoms with Crippen LogP contribution in [0, 0.1) is 0 Å². The molecular formula is C58H40N2. The lowest BCUT2D eigenvalue weighted by Gasteiger charge is -2.26. The molecule has 0 atom stereocenters. The van der Waals surface area contributed by atoms with Crippen molar-refractivity contribution in [3.8, 4) is 50.2 Å². The molecular weight excluding hydrogens is 725 g/mol. The van der Waals surface area contributed by atoms with Crippen molar-refractivity contribution in [1.29, 1.82) is 0 Å². The summed E-state index contributed by atoms with van der Waals surface area (Å²) in [5.74, 6) is 0. The highest BCUT2D eigenvalue weighted by Crippen LogP contribution is 2.44. The molecule has 0 aliphatic rings. The molecule has 2 nitrogen and oxygen atoms in total. The van der Waals surface area contributed by atoms with Crippen LogP contribution >= 0.6 is 0 Å². The number of hydrogen-bond donors (Lipinski definition) is 0. The smallest absolute Gasteiger partial charge is 0.0547 e. The van der Waals surface area contributed by atoms with Gasteiger partial charge in [0.1, 0.15) is 0 Å². The molecule has 2 heteroatoms. The van der Waals surface area contributed by atoms with Gasteiger partial charge in [0, 0.05) is 33.5 Å². The normalized spacial score (nSPS) is 11.3. The second kappa shape index (κ2) is 15.1. The molecule has 0 aliphatic carbocycles. The van der Waals surface area contributed by atoms with Gasteiger partial charge in [-0.15, -0.1) is 0 Å². The van der Waals surface area contributed by atoms with Gasteiger partial charge in [0.05, 0.1) is 11.0 Å². The van der Waals surface area contributed by atoms with Crippen molar-refractivity contribution in [2.45, 2.75) is 0 Å². The van der Waals surface area contributed by atoms with Crippen molar-refractivity contribution in [3.05, 3.63) is 243 Å². The predicted molar refractivity (Wildman–Crippen MR) is 255 cm³/mol. The monoisotopic (exact) mass is 764 g/mol. The summed E-state index contributed by atoms with van der Waals surface area (Å²) in [7, 11) is 0. The largest absolute Gasteiger partial charge is 0.310 e. The summed E-state index contributed by atoms with van der Waals surface area (Å²) < 4.78 is 2.42. The van der Waals surface area contributed by atoms with Crippen molar-refractivity contribution < 1.29 is 0 Å². The molecule has 0 fully saturated rings. The summed E-state index contributed by atoms with van der Waals surface area (Å²) in [6, 6.07) is 87.8. The van der Waals surface area contributed by atoms with E-state index in [2.05, 4.69) is 252 Å². The van der Waals surface area contributed by atoms with Gasteiger partial charge in [0.25, 0.3) is 0 Å². The molecule has 0 radical (unpaired) electrons. The Labute approximate surface area is 350 Å². The Morgan fingerprint density at radius 3 is 1.45 bits per heavy atom. The summed E-state index contributed by atoms with van der Waals surface area (Å²) in [6.07, 6.45) is 0.